The molecule has 0 bridgehead atoms. The molecule has 0 atom stereocenters. The topological polar surface area (TPSA) is 255 Å². The number of nitrogens with two attached hydrogens (primary N) is 2. The van der Waals surface area contributed by atoms with Gasteiger partial charge in [0.2, 0.25) is 31.9 Å². The molecule has 4 aliphatic rings. The molecule has 0 radical (unpaired) electrons. The normalized spacial score (nSPS) is 23.2. The molecular formula is C40H60N12O6S2. The molecule has 0 aliphatic heterocycles. The number of rotatable bonds is 10. The van der Waals surface area contributed by atoms with Crippen LogP contribution < -0.4 is 37.9 Å². The van der Waals surface area contributed by atoms with E-state index in [9.17, 15) is 26.4 Å². The standard InChI is InChI=1S/2C20H30N6O3S/c1-12-17(21)16-11-22-20(24-18(16)26(19(12)27)15-5-4-6-15)23-13-7-9-14(10-8-13)25(2)30(3,28)29;1-30(28,29)25-14-9-7-13(8-10-14)23-20-22-12-16-17(21)11-18(27)26(19(16)24-20)15-5-3-2-4-6-15/h11,13-15H,4-10,21H2,1-3H3,(H,22,23,24);11-15,25H,2-10,21H2,1H3,(H,22,23,24). The highest BCUT2D eigenvalue weighted by Crippen LogP contribution is 2.35. The zero-order valence-corrected chi connectivity index (χ0v) is 36.7. The molecule has 4 aromatic rings. The second kappa shape index (κ2) is 17.9. The van der Waals surface area contributed by atoms with Crippen LogP contribution in [-0.4, -0.2) is 93.9 Å². The summed E-state index contributed by atoms with van der Waals surface area (Å²) in [4.78, 5) is 43.9. The lowest BCUT2D eigenvalue weighted by Gasteiger charge is -2.33. The first kappa shape index (κ1) is 43.7. The Balaban J connectivity index is 0.000000181. The fourth-order valence-corrected chi connectivity index (χ4v) is 10.8. The summed E-state index contributed by atoms with van der Waals surface area (Å²) < 4.78 is 54.1. The van der Waals surface area contributed by atoms with Gasteiger partial charge in [-0.1, -0.05) is 19.3 Å². The van der Waals surface area contributed by atoms with E-state index in [0.717, 1.165) is 96.3 Å². The number of sulfonamides is 2. The molecule has 8 rings (SSSR count). The molecule has 18 nitrogen and oxygen atoms in total. The van der Waals surface area contributed by atoms with Gasteiger partial charge in [-0.3, -0.25) is 18.7 Å². The van der Waals surface area contributed by atoms with Gasteiger partial charge in [-0.05, 0) is 90.4 Å². The summed E-state index contributed by atoms with van der Waals surface area (Å²) in [6, 6.07) is 2.13. The minimum absolute atomic E-state index is 0.0214. The molecule has 0 amide bonds. The van der Waals surface area contributed by atoms with Crippen LogP contribution in [0.2, 0.25) is 0 Å². The lowest BCUT2D eigenvalue weighted by molar-refractivity contribution is 0.276. The molecule has 4 aliphatic carbocycles. The highest BCUT2D eigenvalue weighted by Gasteiger charge is 2.30. The van der Waals surface area contributed by atoms with Crippen molar-refractivity contribution in [3.05, 3.63) is 44.7 Å². The molecule has 7 N–H and O–H groups in total. The lowest BCUT2D eigenvalue weighted by atomic mass is 9.91. The van der Waals surface area contributed by atoms with Gasteiger partial charge in [0.25, 0.3) is 11.1 Å². The van der Waals surface area contributed by atoms with E-state index in [0.29, 0.717) is 50.9 Å². The summed E-state index contributed by atoms with van der Waals surface area (Å²) in [6.45, 7) is 1.75. The summed E-state index contributed by atoms with van der Waals surface area (Å²) in [5.41, 5.74) is 14.7. The third kappa shape index (κ3) is 9.87. The second-order valence-electron chi connectivity index (χ2n) is 17.3. The largest absolute Gasteiger partial charge is 0.398 e. The van der Waals surface area contributed by atoms with Gasteiger partial charge < -0.3 is 22.1 Å². The Morgan fingerprint density at radius 3 is 1.72 bits per heavy atom. The van der Waals surface area contributed by atoms with Crippen molar-refractivity contribution >= 4 is 65.4 Å². The zero-order chi connectivity index (χ0) is 42.9. The number of anilines is 4. The molecular weight excluding hydrogens is 809 g/mol. The predicted octanol–water partition coefficient (Wildman–Crippen LogP) is 4.17. The first-order valence-corrected chi connectivity index (χ1v) is 25.0. The number of nitrogens with zero attached hydrogens (tertiary/aromatic N) is 7. The molecule has 4 saturated carbocycles. The van der Waals surface area contributed by atoms with Crippen molar-refractivity contribution in [2.75, 3.05) is 41.7 Å². The van der Waals surface area contributed by atoms with Gasteiger partial charge in [0, 0.05) is 73.0 Å². The Hall–Kier alpha value is -4.40. The van der Waals surface area contributed by atoms with Gasteiger partial charge in [0.1, 0.15) is 0 Å². The van der Waals surface area contributed by atoms with Crippen molar-refractivity contribution in [3.63, 3.8) is 0 Å². The molecule has 4 aromatic heterocycles. The van der Waals surface area contributed by atoms with Crippen molar-refractivity contribution in [3.8, 4) is 0 Å². The Morgan fingerprint density at radius 1 is 0.683 bits per heavy atom. The monoisotopic (exact) mass is 868 g/mol. The van der Waals surface area contributed by atoms with Crippen molar-refractivity contribution in [1.29, 1.82) is 0 Å². The van der Waals surface area contributed by atoms with Crippen molar-refractivity contribution in [1.82, 2.24) is 38.1 Å². The summed E-state index contributed by atoms with van der Waals surface area (Å²) in [6.07, 6.45) is 20.7. The molecule has 4 fully saturated rings. The summed E-state index contributed by atoms with van der Waals surface area (Å²) in [7, 11) is -4.72. The number of hydrogen-bond acceptors (Lipinski definition) is 14. The zero-order valence-electron chi connectivity index (χ0n) is 35.1. The first-order valence-electron chi connectivity index (χ1n) is 21.2. The average Bonchev–Trinajstić information content (AvgIpc) is 3.18. The molecule has 0 unspecified atom stereocenters. The van der Waals surface area contributed by atoms with E-state index in [1.165, 1.54) is 29.3 Å². The van der Waals surface area contributed by atoms with Gasteiger partial charge in [0.05, 0.1) is 29.0 Å². The Bertz CT molecular complexity index is 2540. The quantitative estimate of drug-likeness (QED) is 0.150. The number of hydrogen-bond donors (Lipinski definition) is 5. The summed E-state index contributed by atoms with van der Waals surface area (Å²) in [5, 5.41) is 8.16. The van der Waals surface area contributed by atoms with Crippen LogP contribution in [-0.2, 0) is 20.0 Å². The molecule has 20 heteroatoms. The predicted molar refractivity (Wildman–Crippen MR) is 236 cm³/mol. The number of nitrogen functional groups attached to an aromatic ring is 2. The van der Waals surface area contributed by atoms with E-state index in [1.807, 2.05) is 0 Å². The van der Waals surface area contributed by atoms with Gasteiger partial charge in [-0.15, -0.1) is 0 Å². The van der Waals surface area contributed by atoms with Crippen molar-refractivity contribution in [2.24, 2.45) is 0 Å². The van der Waals surface area contributed by atoms with E-state index >= 15 is 0 Å². The molecule has 0 spiro atoms. The second-order valence-corrected chi connectivity index (χ2v) is 21.1. The van der Waals surface area contributed by atoms with Crippen LogP contribution in [0, 0.1) is 6.92 Å². The Labute approximate surface area is 351 Å². The molecule has 328 valence electrons. The van der Waals surface area contributed by atoms with Crippen LogP contribution in [0.4, 0.5) is 23.3 Å². The molecule has 0 saturated heterocycles. The van der Waals surface area contributed by atoms with E-state index in [-0.39, 0.29) is 47.4 Å². The SMILES string of the molecule is CS(=O)(=O)NC1CCC(Nc2ncc3c(N)cc(=O)n(C4CCCCC4)c3n2)CC1.Cc1c(N)c2cnc(NC3CCC(N(C)S(C)(=O)=O)CC3)nc2n(C2CCC2)c1=O. The fourth-order valence-electron chi connectivity index (χ4n) is 9.18. The van der Waals surface area contributed by atoms with E-state index < -0.39 is 20.0 Å². The van der Waals surface area contributed by atoms with Crippen LogP contribution >= 0.6 is 0 Å². The van der Waals surface area contributed by atoms with Gasteiger partial charge in [-0.2, -0.15) is 9.97 Å². The van der Waals surface area contributed by atoms with Crippen molar-refractivity contribution < 1.29 is 16.8 Å². The molecule has 60 heavy (non-hydrogen) atoms. The minimum atomic E-state index is -3.19. The first-order chi connectivity index (χ1) is 28.5. The van der Waals surface area contributed by atoms with E-state index in [1.54, 1.807) is 35.5 Å². The van der Waals surface area contributed by atoms with Crippen molar-refractivity contribution in [2.45, 2.75) is 146 Å². The highest BCUT2D eigenvalue weighted by molar-refractivity contribution is 7.88. The number of nitrogens with one attached hydrogen (secondary N) is 3. The highest BCUT2D eigenvalue weighted by atomic mass is 32.2. The maximum absolute atomic E-state index is 12.9. The van der Waals surface area contributed by atoms with Crippen LogP contribution in [0.3, 0.4) is 0 Å². The van der Waals surface area contributed by atoms with Gasteiger partial charge >= 0.3 is 0 Å². The van der Waals surface area contributed by atoms with E-state index in [4.69, 9.17) is 16.5 Å². The van der Waals surface area contributed by atoms with Crippen LogP contribution in [0.1, 0.15) is 120 Å². The summed E-state index contributed by atoms with van der Waals surface area (Å²) >= 11 is 0. The average molecular weight is 869 g/mol. The fraction of sp³-hybridized carbons (Fsp3) is 0.650. The smallest absolute Gasteiger partial charge is 0.257 e. The van der Waals surface area contributed by atoms with Gasteiger partial charge in [-0.25, -0.2) is 35.8 Å². The van der Waals surface area contributed by atoms with E-state index in [2.05, 4.69) is 30.3 Å². The Morgan fingerprint density at radius 2 is 1.18 bits per heavy atom. The maximum Gasteiger partial charge on any atom is 0.257 e. The number of pyridine rings is 2. The molecule has 4 heterocycles. The maximum atomic E-state index is 12.9. The lowest BCUT2D eigenvalue weighted by Crippen LogP contribution is -2.41. The minimum Gasteiger partial charge on any atom is -0.398 e. The van der Waals surface area contributed by atoms with Crippen LogP contribution in [0.25, 0.3) is 22.1 Å². The molecule has 0 aromatic carbocycles. The third-order valence-corrected chi connectivity index (χ3v) is 15.0. The van der Waals surface area contributed by atoms with Gasteiger partial charge in [0.15, 0.2) is 11.3 Å². The number of aromatic nitrogens is 6. The van der Waals surface area contributed by atoms with Crippen LogP contribution in [0.15, 0.2) is 28.0 Å². The Kier molecular flexibility index (Phi) is 13.0. The summed E-state index contributed by atoms with van der Waals surface area (Å²) in [5.74, 6) is 0.967. The third-order valence-electron chi connectivity index (χ3n) is 12.9. The van der Waals surface area contributed by atoms with Crippen LogP contribution in [0.5, 0.6) is 0 Å². The number of fused-ring (bicyclic) bond motifs is 2.